The number of ether oxygens (including phenoxy) is 1. The fourth-order valence-electron chi connectivity index (χ4n) is 6.54. The highest BCUT2D eigenvalue weighted by Crippen LogP contribution is 2.65. The minimum atomic E-state index is -0.642. The first kappa shape index (κ1) is 23.9. The summed E-state index contributed by atoms with van der Waals surface area (Å²) in [7, 11) is -0.402. The van der Waals surface area contributed by atoms with E-state index in [1.54, 1.807) is 0 Å². The van der Waals surface area contributed by atoms with Gasteiger partial charge in [-0.25, -0.2) is 4.79 Å². The maximum Gasteiger partial charge on any atom is 0.481 e. The Morgan fingerprint density at radius 1 is 1.19 bits per heavy atom. The number of rotatable bonds is 4. The van der Waals surface area contributed by atoms with E-state index in [0.29, 0.717) is 18.4 Å². The molecule has 8 heteroatoms. The van der Waals surface area contributed by atoms with Crippen molar-refractivity contribution in [3.8, 4) is 0 Å². The van der Waals surface area contributed by atoms with Gasteiger partial charge in [-0.1, -0.05) is 27.7 Å². The molecule has 2 bridgehead atoms. The number of amides is 2. The summed E-state index contributed by atoms with van der Waals surface area (Å²) in [4.78, 5) is 27.8. The quantitative estimate of drug-likeness (QED) is 0.663. The summed E-state index contributed by atoms with van der Waals surface area (Å²) in [6.07, 6.45) is 3.55. The molecule has 7 nitrogen and oxygen atoms in total. The standard InChI is InChI=1S/C24H41BN2O5/c1-14(2)19(26-21(29)30-22(3,4)5)20(28)27-11-9-10-18(27)25-31-17-13-15-12-16(23(15,6)7)24(17,8)32-25/h14-19H,9-13H2,1-8H3,(H,26,29)/t15-,16-,17+,18+,19+,24-/m0/s1. The van der Waals surface area contributed by atoms with Crippen LogP contribution < -0.4 is 5.32 Å². The van der Waals surface area contributed by atoms with Crippen LogP contribution in [0.1, 0.15) is 81.1 Å². The van der Waals surface area contributed by atoms with Gasteiger partial charge in [-0.3, -0.25) is 4.79 Å². The lowest BCUT2D eigenvalue weighted by molar-refractivity contribution is -0.199. The van der Waals surface area contributed by atoms with Crippen molar-refractivity contribution in [2.75, 3.05) is 6.54 Å². The van der Waals surface area contributed by atoms with Gasteiger partial charge >= 0.3 is 13.2 Å². The Balaban J connectivity index is 1.46. The maximum atomic E-state index is 13.6. The van der Waals surface area contributed by atoms with E-state index in [1.165, 1.54) is 6.42 Å². The second kappa shape index (κ2) is 7.90. The van der Waals surface area contributed by atoms with Crippen molar-refractivity contribution >= 4 is 19.1 Å². The highest BCUT2D eigenvalue weighted by Gasteiger charge is 2.69. The summed E-state index contributed by atoms with van der Waals surface area (Å²) in [5.74, 6) is 0.927. The van der Waals surface area contributed by atoms with E-state index in [9.17, 15) is 9.59 Å². The molecule has 5 fully saturated rings. The summed E-state index contributed by atoms with van der Waals surface area (Å²) < 4.78 is 18.5. The molecular weight excluding hydrogens is 407 g/mol. The number of hydrogen-bond donors (Lipinski definition) is 1. The summed E-state index contributed by atoms with van der Waals surface area (Å²) in [5, 5.41) is 2.81. The van der Waals surface area contributed by atoms with Crippen LogP contribution in [0, 0.1) is 23.2 Å². The van der Waals surface area contributed by atoms with Gasteiger partial charge in [0.25, 0.3) is 0 Å². The molecule has 0 aromatic carbocycles. The first-order valence-corrected chi connectivity index (χ1v) is 12.4. The van der Waals surface area contributed by atoms with Gasteiger partial charge in [0, 0.05) is 6.54 Å². The van der Waals surface area contributed by atoms with Gasteiger partial charge in [-0.2, -0.15) is 0 Å². The molecule has 0 radical (unpaired) electrons. The molecule has 32 heavy (non-hydrogen) atoms. The minimum Gasteiger partial charge on any atom is -0.444 e. The van der Waals surface area contributed by atoms with Crippen molar-refractivity contribution in [2.45, 2.75) is 110 Å². The number of carbonyl (C=O) groups excluding carboxylic acids is 2. The van der Waals surface area contributed by atoms with E-state index < -0.39 is 24.9 Å². The Bertz CT molecular complexity index is 766. The first-order chi connectivity index (χ1) is 14.7. The van der Waals surface area contributed by atoms with E-state index in [-0.39, 0.29) is 34.9 Å². The Kier molecular flexibility index (Phi) is 5.89. The zero-order valence-corrected chi connectivity index (χ0v) is 21.1. The lowest BCUT2D eigenvalue weighted by Crippen LogP contribution is -2.65. The largest absolute Gasteiger partial charge is 0.481 e. The number of nitrogens with one attached hydrogen (secondary N) is 1. The van der Waals surface area contributed by atoms with Crippen LogP contribution in [0.3, 0.4) is 0 Å². The third kappa shape index (κ3) is 3.95. The van der Waals surface area contributed by atoms with Gasteiger partial charge in [0.15, 0.2) is 0 Å². The van der Waals surface area contributed by atoms with Crippen molar-refractivity contribution in [2.24, 2.45) is 23.2 Å². The lowest BCUT2D eigenvalue weighted by Gasteiger charge is -2.64. The zero-order valence-electron chi connectivity index (χ0n) is 21.1. The highest BCUT2D eigenvalue weighted by molar-refractivity contribution is 6.48. The third-order valence-corrected chi connectivity index (χ3v) is 8.47. The maximum absolute atomic E-state index is 13.6. The van der Waals surface area contributed by atoms with Crippen LogP contribution in [0.15, 0.2) is 0 Å². The highest BCUT2D eigenvalue weighted by atomic mass is 16.7. The van der Waals surface area contributed by atoms with Crippen molar-refractivity contribution in [1.29, 1.82) is 0 Å². The predicted octanol–water partition coefficient (Wildman–Crippen LogP) is 3.79. The summed E-state index contributed by atoms with van der Waals surface area (Å²) >= 11 is 0. The Morgan fingerprint density at radius 3 is 2.47 bits per heavy atom. The number of nitrogens with zero attached hydrogens (tertiary/aromatic N) is 1. The number of hydrogen-bond acceptors (Lipinski definition) is 5. The fraction of sp³-hybridized carbons (Fsp3) is 0.917. The summed E-state index contributed by atoms with van der Waals surface area (Å²) in [6.45, 7) is 16.9. The summed E-state index contributed by atoms with van der Waals surface area (Å²) in [5.41, 5.74) is -0.613. The Morgan fingerprint density at radius 2 is 1.88 bits per heavy atom. The van der Waals surface area contributed by atoms with Crippen molar-refractivity contribution in [3.63, 3.8) is 0 Å². The molecule has 0 aromatic heterocycles. The van der Waals surface area contributed by atoms with Gasteiger partial charge in [0.1, 0.15) is 11.6 Å². The number of alkyl carbamates (subject to hydrolysis) is 1. The van der Waals surface area contributed by atoms with Crippen molar-refractivity contribution < 1.29 is 23.6 Å². The normalized spacial score (nSPS) is 36.5. The molecule has 3 saturated carbocycles. The van der Waals surface area contributed by atoms with Crippen molar-refractivity contribution in [3.05, 3.63) is 0 Å². The molecule has 0 unspecified atom stereocenters. The topological polar surface area (TPSA) is 77.1 Å². The monoisotopic (exact) mass is 448 g/mol. The van der Waals surface area contributed by atoms with E-state index in [2.05, 4.69) is 26.1 Å². The molecule has 180 valence electrons. The fourth-order valence-corrected chi connectivity index (χ4v) is 6.54. The van der Waals surface area contributed by atoms with E-state index in [1.807, 2.05) is 39.5 Å². The van der Waals surface area contributed by atoms with Crippen LogP contribution in [0.25, 0.3) is 0 Å². The van der Waals surface area contributed by atoms with Crippen molar-refractivity contribution in [1.82, 2.24) is 10.2 Å². The van der Waals surface area contributed by atoms with Crippen LogP contribution >= 0.6 is 0 Å². The SMILES string of the molecule is CC(C)[C@@H](NC(=O)OC(C)(C)C)C(=O)N1CCC[C@@H]1B1O[C@@H]2C[C@@H]3C[C@@H](C3(C)C)[C@]2(C)O1. The van der Waals surface area contributed by atoms with E-state index in [0.717, 1.165) is 19.3 Å². The summed E-state index contributed by atoms with van der Waals surface area (Å²) in [6, 6.07) is -0.642. The van der Waals surface area contributed by atoms with Crippen LogP contribution in [-0.2, 0) is 18.8 Å². The molecule has 1 N–H and O–H groups in total. The predicted molar refractivity (Wildman–Crippen MR) is 123 cm³/mol. The molecule has 5 rings (SSSR count). The Labute approximate surface area is 193 Å². The average molecular weight is 448 g/mol. The molecule has 0 aromatic rings. The van der Waals surface area contributed by atoms with Gasteiger partial charge in [0.2, 0.25) is 5.91 Å². The van der Waals surface area contributed by atoms with Gasteiger partial charge in [0.05, 0.1) is 17.6 Å². The average Bonchev–Trinajstić information content (AvgIpc) is 3.26. The smallest absolute Gasteiger partial charge is 0.444 e. The molecular formula is C24H41BN2O5. The molecule has 2 saturated heterocycles. The van der Waals surface area contributed by atoms with E-state index >= 15 is 0 Å². The van der Waals surface area contributed by atoms with Crippen LogP contribution in [0.2, 0.25) is 0 Å². The lowest BCUT2D eigenvalue weighted by atomic mass is 9.43. The van der Waals surface area contributed by atoms with Crippen LogP contribution in [-0.4, -0.2) is 59.9 Å². The van der Waals surface area contributed by atoms with Gasteiger partial charge in [-0.05, 0) is 76.5 Å². The zero-order chi connectivity index (χ0) is 23.6. The second-order valence-electron chi connectivity index (χ2n) is 12.4. The first-order valence-electron chi connectivity index (χ1n) is 12.4. The molecule has 2 aliphatic heterocycles. The molecule has 2 heterocycles. The number of likely N-dealkylation sites (tertiary alicyclic amines) is 1. The minimum absolute atomic E-state index is 0.0604. The molecule has 0 spiro atoms. The van der Waals surface area contributed by atoms with Crippen LogP contribution in [0.5, 0.6) is 0 Å². The molecule has 6 atom stereocenters. The molecule has 5 aliphatic rings. The van der Waals surface area contributed by atoms with Gasteiger partial charge in [-0.15, -0.1) is 0 Å². The Hall–Kier alpha value is -1.28. The molecule has 2 amide bonds. The third-order valence-electron chi connectivity index (χ3n) is 8.47. The second-order valence-corrected chi connectivity index (χ2v) is 12.4. The number of carbonyl (C=O) groups is 2. The van der Waals surface area contributed by atoms with Crippen LogP contribution in [0.4, 0.5) is 4.79 Å². The van der Waals surface area contributed by atoms with Gasteiger partial charge < -0.3 is 24.3 Å². The molecule has 3 aliphatic carbocycles. The van der Waals surface area contributed by atoms with E-state index in [4.69, 9.17) is 14.0 Å².